The first-order valence-corrected chi connectivity index (χ1v) is 6.20. The van der Waals surface area contributed by atoms with Gasteiger partial charge in [0.15, 0.2) is 0 Å². The molecule has 2 amide bonds. The van der Waals surface area contributed by atoms with Gasteiger partial charge in [-0.25, -0.2) is 4.98 Å². The van der Waals surface area contributed by atoms with Crippen molar-refractivity contribution in [2.24, 2.45) is 5.73 Å². The Morgan fingerprint density at radius 3 is 2.82 bits per heavy atom. The van der Waals surface area contributed by atoms with Crippen molar-refractivity contribution in [1.82, 2.24) is 15.6 Å². The summed E-state index contributed by atoms with van der Waals surface area (Å²) in [6, 6.07) is -0.0997. The van der Waals surface area contributed by atoms with Crippen LogP contribution in [0.25, 0.3) is 0 Å². The van der Waals surface area contributed by atoms with Crippen molar-refractivity contribution in [3.8, 4) is 0 Å². The summed E-state index contributed by atoms with van der Waals surface area (Å²) in [5.41, 5.74) is 5.11. The van der Waals surface area contributed by atoms with Gasteiger partial charge in [-0.15, -0.1) is 11.3 Å². The minimum Gasteiger partial charge on any atom is -0.346 e. The van der Waals surface area contributed by atoms with Gasteiger partial charge in [-0.1, -0.05) is 6.92 Å². The van der Waals surface area contributed by atoms with Crippen LogP contribution in [0, 0.1) is 0 Å². The van der Waals surface area contributed by atoms with Crippen LogP contribution in [0.5, 0.6) is 0 Å². The summed E-state index contributed by atoms with van der Waals surface area (Å²) in [7, 11) is 0. The van der Waals surface area contributed by atoms with Crippen LogP contribution in [0.3, 0.4) is 0 Å². The number of nitrogens with two attached hydrogens (primary N) is 1. The Bertz CT molecular complexity index is 366. The van der Waals surface area contributed by atoms with E-state index < -0.39 is 0 Å². The lowest BCUT2D eigenvalue weighted by molar-refractivity contribution is -0.125. The zero-order chi connectivity index (χ0) is 12.7. The molecule has 1 heterocycles. The van der Waals surface area contributed by atoms with Gasteiger partial charge in [-0.2, -0.15) is 0 Å². The Balaban J connectivity index is 2.41. The van der Waals surface area contributed by atoms with Crippen LogP contribution < -0.4 is 16.4 Å². The summed E-state index contributed by atoms with van der Waals surface area (Å²) in [4.78, 5) is 26.6. The molecule has 1 atom stereocenters. The van der Waals surface area contributed by atoms with Crippen LogP contribution in [-0.4, -0.2) is 29.9 Å². The number of carbonyl (C=O) groups excluding carboxylic acids is 2. The van der Waals surface area contributed by atoms with Crippen LogP contribution in [0.15, 0.2) is 11.6 Å². The van der Waals surface area contributed by atoms with Crippen molar-refractivity contribution in [3.63, 3.8) is 0 Å². The highest BCUT2D eigenvalue weighted by atomic mass is 32.1. The monoisotopic (exact) mass is 256 g/mol. The number of nitrogens with zero attached hydrogens (tertiary/aromatic N) is 1. The van der Waals surface area contributed by atoms with Crippen LogP contribution in [0.1, 0.15) is 24.4 Å². The molecule has 1 rings (SSSR count). The number of hydrogen-bond donors (Lipinski definition) is 3. The van der Waals surface area contributed by atoms with Gasteiger partial charge in [0.1, 0.15) is 5.01 Å². The van der Waals surface area contributed by atoms with E-state index in [2.05, 4.69) is 15.6 Å². The molecular weight excluding hydrogens is 240 g/mol. The van der Waals surface area contributed by atoms with Crippen molar-refractivity contribution in [2.45, 2.75) is 19.4 Å². The summed E-state index contributed by atoms with van der Waals surface area (Å²) in [5.74, 6) is -0.587. The van der Waals surface area contributed by atoms with E-state index in [1.165, 1.54) is 11.3 Å². The largest absolute Gasteiger partial charge is 0.346 e. The zero-order valence-corrected chi connectivity index (χ0v) is 10.4. The third kappa shape index (κ3) is 4.49. The second-order valence-corrected chi connectivity index (χ2v) is 4.31. The van der Waals surface area contributed by atoms with Gasteiger partial charge >= 0.3 is 0 Å². The number of hydrogen-bond acceptors (Lipinski definition) is 5. The second-order valence-electron chi connectivity index (χ2n) is 3.38. The molecule has 0 aromatic carbocycles. The van der Waals surface area contributed by atoms with Crippen LogP contribution in [0.4, 0.5) is 0 Å². The number of nitrogens with one attached hydrogen (secondary N) is 2. The summed E-state index contributed by atoms with van der Waals surface area (Å²) in [6.45, 7) is 1.79. The standard InChI is InChI=1S/C10H16N4O2S/c1-2-7(10-12-3-4-17-10)14-9(16)6-13-8(15)5-11/h3-4,7H,2,5-6,11H2,1H3,(H,13,15)(H,14,16). The maximum Gasteiger partial charge on any atom is 0.239 e. The van der Waals surface area contributed by atoms with Crippen LogP contribution in [0.2, 0.25) is 0 Å². The second kappa shape index (κ2) is 6.97. The van der Waals surface area contributed by atoms with Gasteiger partial charge < -0.3 is 16.4 Å². The van der Waals surface area contributed by atoms with Crippen molar-refractivity contribution < 1.29 is 9.59 Å². The molecule has 1 unspecified atom stereocenters. The van der Waals surface area contributed by atoms with Crippen molar-refractivity contribution in [1.29, 1.82) is 0 Å². The first-order chi connectivity index (χ1) is 8.17. The van der Waals surface area contributed by atoms with Gasteiger partial charge in [-0.05, 0) is 6.42 Å². The zero-order valence-electron chi connectivity index (χ0n) is 9.60. The van der Waals surface area contributed by atoms with Gasteiger partial charge in [0, 0.05) is 11.6 Å². The van der Waals surface area contributed by atoms with E-state index >= 15 is 0 Å². The summed E-state index contributed by atoms with van der Waals surface area (Å²) in [6.07, 6.45) is 2.45. The molecule has 0 spiro atoms. The molecule has 0 saturated heterocycles. The summed E-state index contributed by atoms with van der Waals surface area (Å²) < 4.78 is 0. The lowest BCUT2D eigenvalue weighted by Crippen LogP contribution is -2.40. The van der Waals surface area contributed by atoms with Crippen molar-refractivity contribution in [2.75, 3.05) is 13.1 Å². The maximum absolute atomic E-state index is 11.5. The Labute approximate surface area is 104 Å². The number of carbonyl (C=O) groups is 2. The Morgan fingerprint density at radius 1 is 1.53 bits per heavy atom. The Hall–Kier alpha value is -1.47. The van der Waals surface area contributed by atoms with E-state index in [9.17, 15) is 9.59 Å². The molecule has 0 aliphatic rings. The fourth-order valence-corrected chi connectivity index (χ4v) is 2.01. The average molecular weight is 256 g/mol. The topological polar surface area (TPSA) is 97.1 Å². The molecule has 4 N–H and O–H groups in total. The fourth-order valence-electron chi connectivity index (χ4n) is 1.24. The molecular formula is C10H16N4O2S. The first-order valence-electron chi connectivity index (χ1n) is 5.32. The summed E-state index contributed by atoms with van der Waals surface area (Å²) >= 11 is 1.49. The highest BCUT2D eigenvalue weighted by molar-refractivity contribution is 7.09. The molecule has 0 saturated carbocycles. The van der Waals surface area contributed by atoms with E-state index in [-0.39, 0.29) is 30.9 Å². The van der Waals surface area contributed by atoms with Crippen molar-refractivity contribution >= 4 is 23.2 Å². The van der Waals surface area contributed by atoms with E-state index in [4.69, 9.17) is 5.73 Å². The van der Waals surface area contributed by atoms with Crippen LogP contribution >= 0.6 is 11.3 Å². The molecule has 7 heteroatoms. The summed E-state index contributed by atoms with van der Waals surface area (Å²) in [5, 5.41) is 7.94. The van der Waals surface area contributed by atoms with Gasteiger partial charge in [0.05, 0.1) is 19.1 Å². The van der Waals surface area contributed by atoms with Crippen LogP contribution in [-0.2, 0) is 9.59 Å². The molecule has 6 nitrogen and oxygen atoms in total. The molecule has 0 aliphatic carbocycles. The number of thiazole rings is 1. The molecule has 0 fully saturated rings. The number of amides is 2. The van der Waals surface area contributed by atoms with E-state index in [1.807, 2.05) is 12.3 Å². The van der Waals surface area contributed by atoms with Gasteiger partial charge in [0.25, 0.3) is 0 Å². The highest BCUT2D eigenvalue weighted by Gasteiger charge is 2.14. The lowest BCUT2D eigenvalue weighted by atomic mass is 10.2. The third-order valence-electron chi connectivity index (χ3n) is 2.12. The average Bonchev–Trinajstić information content (AvgIpc) is 2.86. The normalized spacial score (nSPS) is 11.9. The molecule has 17 heavy (non-hydrogen) atoms. The molecule has 94 valence electrons. The predicted molar refractivity (Wildman–Crippen MR) is 65.4 cm³/mol. The number of aromatic nitrogens is 1. The smallest absolute Gasteiger partial charge is 0.239 e. The van der Waals surface area contributed by atoms with Gasteiger partial charge in [0.2, 0.25) is 11.8 Å². The Kier molecular flexibility index (Phi) is 5.58. The SMILES string of the molecule is CCC(NC(=O)CNC(=O)CN)c1nccs1. The number of rotatable bonds is 6. The lowest BCUT2D eigenvalue weighted by Gasteiger charge is -2.14. The Morgan fingerprint density at radius 2 is 2.29 bits per heavy atom. The third-order valence-corrected chi connectivity index (χ3v) is 3.01. The molecule has 0 radical (unpaired) electrons. The van der Waals surface area contributed by atoms with E-state index in [0.717, 1.165) is 11.4 Å². The maximum atomic E-state index is 11.5. The van der Waals surface area contributed by atoms with Gasteiger partial charge in [-0.3, -0.25) is 9.59 Å². The highest BCUT2D eigenvalue weighted by Crippen LogP contribution is 2.18. The van der Waals surface area contributed by atoms with E-state index in [1.54, 1.807) is 6.20 Å². The molecule has 1 aromatic heterocycles. The fraction of sp³-hybridized carbons (Fsp3) is 0.500. The molecule has 0 aliphatic heterocycles. The minimum atomic E-state index is -0.345. The predicted octanol–water partition coefficient (Wildman–Crippen LogP) is -0.215. The minimum absolute atomic E-state index is 0.0576. The molecule has 0 bridgehead atoms. The quantitative estimate of drug-likeness (QED) is 0.656. The first kappa shape index (κ1) is 13.6. The van der Waals surface area contributed by atoms with E-state index in [0.29, 0.717) is 0 Å². The van der Waals surface area contributed by atoms with Crippen molar-refractivity contribution in [3.05, 3.63) is 16.6 Å². The molecule has 1 aromatic rings.